The van der Waals surface area contributed by atoms with Crippen LogP contribution >= 0.6 is 0 Å². The van der Waals surface area contributed by atoms with E-state index in [4.69, 9.17) is 33.8 Å². The average Bonchev–Trinajstić information content (AvgIpc) is 2.72. The summed E-state index contributed by atoms with van der Waals surface area (Å²) < 4.78 is 32.7. The maximum absolute atomic E-state index is 10.9. The van der Waals surface area contributed by atoms with Gasteiger partial charge in [0.1, 0.15) is 12.7 Å². The summed E-state index contributed by atoms with van der Waals surface area (Å²) in [4.78, 5) is 27.3. The lowest BCUT2D eigenvalue weighted by molar-refractivity contribution is -0.142. The Bertz CT molecular complexity index is 704. The Hall–Kier alpha value is -2.35. The molecule has 0 aliphatic heterocycles. The normalized spacial score (nSPS) is 10.8. The molecule has 0 amide bonds. The molecule has 12 nitrogen and oxygen atoms in total. The zero-order chi connectivity index (χ0) is 15.3. The van der Waals surface area contributed by atoms with Gasteiger partial charge in [0.05, 0.1) is 6.54 Å². The average molecular weight is 306 g/mol. The molecule has 0 fully saturated rings. The third kappa shape index (κ3) is 4.73. The largest absolute Gasteiger partial charge is 0.394 e. The number of anilines is 1. The zero-order valence-corrected chi connectivity index (χ0v) is 10.6. The topological polar surface area (TPSA) is 197 Å². The molecule has 0 unspecified atom stereocenters. The van der Waals surface area contributed by atoms with E-state index in [9.17, 15) is 4.79 Å². The van der Waals surface area contributed by atoms with Crippen LogP contribution in [0, 0.1) is 0 Å². The van der Waals surface area contributed by atoms with Crippen LogP contribution in [0.15, 0.2) is 12.7 Å². The van der Waals surface area contributed by atoms with E-state index in [1.54, 1.807) is 0 Å². The minimum absolute atomic E-state index is 0.222. The van der Waals surface area contributed by atoms with Crippen molar-refractivity contribution in [1.82, 2.24) is 19.7 Å². The van der Waals surface area contributed by atoms with Gasteiger partial charge in [-0.25, -0.2) is 19.7 Å². The number of fused-ring (bicyclic) bond motifs is 1. The summed E-state index contributed by atoms with van der Waals surface area (Å²) in [5.74, 6) is -0.367. The predicted octanol–water partition coefficient (Wildman–Crippen LogP) is -2.33. The number of nitrogens with zero attached hydrogens (tertiary/aromatic N) is 4. The van der Waals surface area contributed by atoms with Crippen molar-refractivity contribution in [2.75, 3.05) is 12.3 Å². The fourth-order valence-corrected chi connectivity index (χ4v) is 1.05. The van der Waals surface area contributed by atoms with Crippen LogP contribution in [0.3, 0.4) is 0 Å². The van der Waals surface area contributed by atoms with Crippen molar-refractivity contribution in [2.24, 2.45) is 5.73 Å². The standard InChI is InChI=1S/C7H8N6O2.H2O4S/c8-1-4(14)15-13-3-12-5-6(9)10-2-11-7(5)13;1-5(2,3)4/h2-3H,1,8H2,(H2,9,10,11);(H2,1,2,3,4). The Balaban J connectivity index is 0.000000347. The van der Waals surface area contributed by atoms with Crippen LogP contribution in [0.5, 0.6) is 0 Å². The van der Waals surface area contributed by atoms with Crippen LogP contribution in [-0.2, 0) is 15.2 Å². The lowest BCUT2D eigenvalue weighted by atomic mass is 10.5. The first-order valence-electron chi connectivity index (χ1n) is 4.77. The molecule has 6 N–H and O–H groups in total. The number of imidazole rings is 1. The van der Waals surface area contributed by atoms with Crippen LogP contribution in [-0.4, -0.2) is 49.7 Å². The van der Waals surface area contributed by atoms with Crippen LogP contribution < -0.4 is 16.3 Å². The molecule has 0 aliphatic carbocycles. The molecule has 2 heterocycles. The lowest BCUT2D eigenvalue weighted by Crippen LogP contribution is -2.26. The molecule has 0 atom stereocenters. The Labute approximate surface area is 111 Å². The van der Waals surface area contributed by atoms with Crippen LogP contribution in [0.25, 0.3) is 11.2 Å². The molecule has 0 saturated heterocycles. The molecule has 13 heteroatoms. The summed E-state index contributed by atoms with van der Waals surface area (Å²) in [5.41, 5.74) is 11.3. The van der Waals surface area contributed by atoms with Gasteiger partial charge in [-0.05, 0) is 0 Å². The number of hydrogen-bond acceptors (Lipinski definition) is 9. The molecular weight excluding hydrogens is 296 g/mol. The van der Waals surface area contributed by atoms with Gasteiger partial charge in [-0.15, -0.1) is 4.73 Å². The molecule has 0 aliphatic rings. The summed E-state index contributed by atoms with van der Waals surface area (Å²) in [5, 5.41) is 0. The van der Waals surface area contributed by atoms with Crippen molar-refractivity contribution in [3.63, 3.8) is 0 Å². The summed E-state index contributed by atoms with van der Waals surface area (Å²) >= 11 is 0. The van der Waals surface area contributed by atoms with Crippen molar-refractivity contribution in [3.05, 3.63) is 12.7 Å². The van der Waals surface area contributed by atoms with Gasteiger partial charge < -0.3 is 16.3 Å². The van der Waals surface area contributed by atoms with Crippen molar-refractivity contribution >= 4 is 33.4 Å². The molecule has 0 radical (unpaired) electrons. The van der Waals surface area contributed by atoms with Gasteiger partial charge in [0.25, 0.3) is 0 Å². The van der Waals surface area contributed by atoms with Crippen LogP contribution in [0.1, 0.15) is 0 Å². The number of aromatic nitrogens is 4. The van der Waals surface area contributed by atoms with E-state index in [0.717, 1.165) is 4.73 Å². The second-order valence-corrected chi connectivity index (χ2v) is 4.01. The fourth-order valence-electron chi connectivity index (χ4n) is 1.05. The van der Waals surface area contributed by atoms with Crippen LogP contribution in [0.2, 0.25) is 0 Å². The first kappa shape index (κ1) is 15.7. The van der Waals surface area contributed by atoms with E-state index in [1.165, 1.54) is 12.7 Å². The molecule has 0 saturated carbocycles. The Morgan fingerprint density at radius 2 is 1.95 bits per heavy atom. The van der Waals surface area contributed by atoms with E-state index in [1.807, 2.05) is 0 Å². The molecule has 2 aromatic rings. The number of hydrogen-bond donors (Lipinski definition) is 4. The van der Waals surface area contributed by atoms with Crippen molar-refractivity contribution in [2.45, 2.75) is 0 Å². The highest BCUT2D eigenvalue weighted by molar-refractivity contribution is 7.79. The van der Waals surface area contributed by atoms with Crippen molar-refractivity contribution in [3.8, 4) is 0 Å². The second kappa shape index (κ2) is 6.20. The van der Waals surface area contributed by atoms with Crippen LogP contribution in [0.4, 0.5) is 5.82 Å². The first-order valence-corrected chi connectivity index (χ1v) is 6.16. The molecule has 110 valence electrons. The van der Waals surface area contributed by atoms with E-state index in [0.29, 0.717) is 11.2 Å². The van der Waals surface area contributed by atoms with Gasteiger partial charge in [0.2, 0.25) is 5.65 Å². The van der Waals surface area contributed by atoms with Crippen molar-refractivity contribution in [1.29, 1.82) is 0 Å². The first-order chi connectivity index (χ1) is 9.22. The maximum Gasteiger partial charge on any atom is 0.394 e. The summed E-state index contributed by atoms with van der Waals surface area (Å²) in [6, 6.07) is 0. The van der Waals surface area contributed by atoms with Gasteiger partial charge >= 0.3 is 16.4 Å². The predicted molar refractivity (Wildman–Crippen MR) is 64.6 cm³/mol. The number of rotatable bonds is 2. The van der Waals surface area contributed by atoms with E-state index >= 15 is 0 Å². The number of nitrogen functional groups attached to an aromatic ring is 1. The minimum Gasteiger partial charge on any atom is -0.382 e. The van der Waals surface area contributed by atoms with Gasteiger partial charge in [-0.2, -0.15) is 8.42 Å². The SMILES string of the molecule is NCC(=O)On1cnc2c(N)ncnc21.O=S(=O)(O)O. The van der Waals surface area contributed by atoms with E-state index < -0.39 is 16.4 Å². The van der Waals surface area contributed by atoms with E-state index in [-0.39, 0.29) is 12.4 Å². The number of carbonyl (C=O) groups excluding carboxylic acids is 1. The van der Waals surface area contributed by atoms with Gasteiger partial charge in [0, 0.05) is 0 Å². The smallest absolute Gasteiger partial charge is 0.382 e. The minimum atomic E-state index is -4.67. The Morgan fingerprint density at radius 3 is 2.50 bits per heavy atom. The third-order valence-corrected chi connectivity index (χ3v) is 1.70. The molecule has 20 heavy (non-hydrogen) atoms. The highest BCUT2D eigenvalue weighted by Crippen LogP contribution is 2.12. The third-order valence-electron chi connectivity index (χ3n) is 1.70. The van der Waals surface area contributed by atoms with E-state index in [2.05, 4.69) is 15.0 Å². The Kier molecular flexibility index (Phi) is 4.87. The Morgan fingerprint density at radius 1 is 1.35 bits per heavy atom. The number of nitrogens with two attached hydrogens (primary N) is 2. The van der Waals surface area contributed by atoms with Gasteiger partial charge in [-0.1, -0.05) is 0 Å². The summed E-state index contributed by atoms with van der Waals surface area (Å²) in [6.45, 7) is -0.222. The highest BCUT2D eigenvalue weighted by Gasteiger charge is 2.10. The molecular formula is C7H10N6O6S. The maximum atomic E-state index is 10.9. The lowest BCUT2D eigenvalue weighted by Gasteiger charge is -2.01. The molecule has 0 spiro atoms. The molecule has 0 aromatic carbocycles. The van der Waals surface area contributed by atoms with Gasteiger partial charge in [-0.3, -0.25) is 9.11 Å². The molecule has 0 bridgehead atoms. The molecule has 2 aromatic heterocycles. The fraction of sp³-hybridized carbons (Fsp3) is 0.143. The second-order valence-electron chi connectivity index (χ2n) is 3.12. The number of carbonyl (C=O) groups is 1. The summed E-state index contributed by atoms with van der Waals surface area (Å²) in [7, 11) is -4.67. The molecule has 2 rings (SSSR count). The quantitative estimate of drug-likeness (QED) is 0.434. The monoisotopic (exact) mass is 306 g/mol. The van der Waals surface area contributed by atoms with Crippen molar-refractivity contribution < 1.29 is 27.2 Å². The van der Waals surface area contributed by atoms with Gasteiger partial charge in [0.15, 0.2) is 11.3 Å². The zero-order valence-electron chi connectivity index (χ0n) is 9.74. The highest BCUT2D eigenvalue weighted by atomic mass is 32.3. The summed E-state index contributed by atoms with van der Waals surface area (Å²) in [6.07, 6.45) is 2.54.